The first-order chi connectivity index (χ1) is 40.5. The largest absolute Gasteiger partial charge is 0.462 e. The third-order valence-electron chi connectivity index (χ3n) is 15.3. The number of unbranched alkanes of at least 4 members (excludes halogenated alkanes) is 37. The molecule has 0 N–H and O–H groups in total. The minimum absolute atomic E-state index is 0.0864. The van der Waals surface area contributed by atoms with E-state index in [2.05, 4.69) is 118 Å². The van der Waals surface area contributed by atoms with Crippen LogP contribution in [0.15, 0.2) is 97.2 Å². The summed E-state index contributed by atoms with van der Waals surface area (Å²) in [5, 5.41) is 0. The van der Waals surface area contributed by atoms with Crippen LogP contribution in [-0.4, -0.2) is 37.2 Å². The molecule has 0 bridgehead atoms. The van der Waals surface area contributed by atoms with Gasteiger partial charge in [-0.3, -0.25) is 14.4 Å². The van der Waals surface area contributed by atoms with Crippen LogP contribution >= 0.6 is 0 Å². The fraction of sp³-hybridized carbons (Fsp3) is 0.750. The van der Waals surface area contributed by atoms with Crippen molar-refractivity contribution < 1.29 is 28.6 Å². The van der Waals surface area contributed by atoms with Crippen LogP contribution in [0.5, 0.6) is 0 Å². The lowest BCUT2D eigenvalue weighted by atomic mass is 10.0. The molecule has 0 aromatic heterocycles. The van der Waals surface area contributed by atoms with Crippen molar-refractivity contribution in [2.24, 2.45) is 0 Å². The molecule has 0 heterocycles. The van der Waals surface area contributed by atoms with E-state index in [1.165, 1.54) is 173 Å². The van der Waals surface area contributed by atoms with Crippen LogP contribution < -0.4 is 0 Å². The van der Waals surface area contributed by atoms with Gasteiger partial charge in [0.25, 0.3) is 0 Å². The number of carbonyl (C=O) groups is 3. The predicted octanol–water partition coefficient (Wildman–Crippen LogP) is 24.4. The van der Waals surface area contributed by atoms with Gasteiger partial charge < -0.3 is 14.2 Å². The van der Waals surface area contributed by atoms with E-state index in [-0.39, 0.29) is 31.1 Å². The van der Waals surface area contributed by atoms with Crippen molar-refractivity contribution in [1.82, 2.24) is 0 Å². The normalized spacial score (nSPS) is 12.7. The molecule has 0 saturated heterocycles. The van der Waals surface area contributed by atoms with E-state index in [0.717, 1.165) is 135 Å². The first-order valence-electron chi connectivity index (χ1n) is 35.2. The molecule has 472 valence electrons. The molecule has 0 aromatic carbocycles. The number of hydrogen-bond acceptors (Lipinski definition) is 6. The van der Waals surface area contributed by atoms with Gasteiger partial charge in [0.05, 0.1) is 0 Å². The second-order valence-electron chi connectivity index (χ2n) is 23.4. The first kappa shape index (κ1) is 78.3. The lowest BCUT2D eigenvalue weighted by molar-refractivity contribution is -0.167. The zero-order valence-electron chi connectivity index (χ0n) is 54.2. The molecule has 0 aliphatic rings. The van der Waals surface area contributed by atoms with Crippen molar-refractivity contribution in [3.8, 4) is 0 Å². The number of allylic oxidation sites excluding steroid dienone is 16. The standard InChI is InChI=1S/C76H132O6/c1-4-7-10-13-16-19-22-25-28-31-33-35-36-37-38-39-41-42-45-48-51-54-57-60-63-66-69-75(78)81-72-73(71-80-74(77)68-65-62-59-56-53-50-47-44-30-27-24-21-18-15-12-9-6-3)82-76(79)70-67-64-61-58-55-52-49-46-43-40-34-32-29-26-23-20-17-14-11-8-5-2/h8-9,11-12,17-18,20-21,26-27,29-30,34,40,46,49,73H,4-7,10,13-16,19,22-25,28,31-33,35-39,41-45,47-48,50-72H2,1-3H3/b11-8-,12-9-,20-17-,21-18-,29-26-,30-27-,40-34-,49-46-. The predicted molar refractivity (Wildman–Crippen MR) is 357 cm³/mol. The molecule has 82 heavy (non-hydrogen) atoms. The molecule has 0 spiro atoms. The summed E-state index contributed by atoms with van der Waals surface area (Å²) < 4.78 is 17.0. The van der Waals surface area contributed by atoms with Gasteiger partial charge in [0.15, 0.2) is 6.10 Å². The van der Waals surface area contributed by atoms with Crippen LogP contribution in [-0.2, 0) is 28.6 Å². The molecule has 1 unspecified atom stereocenters. The first-order valence-corrected chi connectivity index (χ1v) is 35.2. The average molecular weight is 1140 g/mol. The van der Waals surface area contributed by atoms with Gasteiger partial charge in [0, 0.05) is 19.3 Å². The molecule has 6 heteroatoms. The fourth-order valence-electron chi connectivity index (χ4n) is 10.1. The number of carbonyl (C=O) groups excluding carboxylic acids is 3. The Kier molecular flexibility index (Phi) is 66.7. The third kappa shape index (κ3) is 67.1. The number of ether oxygens (including phenoxy) is 3. The minimum atomic E-state index is -0.794. The van der Waals surface area contributed by atoms with Crippen LogP contribution in [0, 0.1) is 0 Å². The lowest BCUT2D eigenvalue weighted by Gasteiger charge is -2.18. The summed E-state index contributed by atoms with van der Waals surface area (Å²) in [6.45, 7) is 6.44. The van der Waals surface area contributed by atoms with E-state index >= 15 is 0 Å². The number of rotatable bonds is 64. The van der Waals surface area contributed by atoms with Crippen molar-refractivity contribution in [3.05, 3.63) is 97.2 Å². The van der Waals surface area contributed by atoms with E-state index in [4.69, 9.17) is 14.2 Å². The summed E-state index contributed by atoms with van der Waals surface area (Å²) in [4.78, 5) is 38.5. The fourth-order valence-corrected chi connectivity index (χ4v) is 10.1. The zero-order valence-corrected chi connectivity index (χ0v) is 54.2. The maximum absolute atomic E-state index is 13.0. The van der Waals surface area contributed by atoms with Crippen molar-refractivity contribution >= 4 is 17.9 Å². The molecule has 0 aliphatic heterocycles. The average Bonchev–Trinajstić information content (AvgIpc) is 3.47. The molecule has 1 atom stereocenters. The number of esters is 3. The molecule has 0 saturated carbocycles. The van der Waals surface area contributed by atoms with E-state index in [9.17, 15) is 14.4 Å². The molecular formula is C76H132O6. The molecule has 0 radical (unpaired) electrons. The minimum Gasteiger partial charge on any atom is -0.462 e. The Balaban J connectivity index is 4.35. The van der Waals surface area contributed by atoms with Gasteiger partial charge in [-0.15, -0.1) is 0 Å². The molecule has 6 nitrogen and oxygen atoms in total. The quantitative estimate of drug-likeness (QED) is 0.0261. The van der Waals surface area contributed by atoms with Crippen molar-refractivity contribution in [3.63, 3.8) is 0 Å². The van der Waals surface area contributed by atoms with E-state index in [1.807, 2.05) is 0 Å². The highest BCUT2D eigenvalue weighted by atomic mass is 16.6. The maximum atomic E-state index is 13.0. The highest BCUT2D eigenvalue weighted by Gasteiger charge is 2.19. The van der Waals surface area contributed by atoms with Gasteiger partial charge >= 0.3 is 17.9 Å². The van der Waals surface area contributed by atoms with Crippen LogP contribution in [0.4, 0.5) is 0 Å². The Labute approximate surface area is 508 Å². The summed E-state index contributed by atoms with van der Waals surface area (Å²) in [5.41, 5.74) is 0. The van der Waals surface area contributed by atoms with Crippen LogP contribution in [0.3, 0.4) is 0 Å². The van der Waals surface area contributed by atoms with Gasteiger partial charge in [-0.2, -0.15) is 0 Å². The van der Waals surface area contributed by atoms with Crippen LogP contribution in [0.25, 0.3) is 0 Å². The maximum Gasteiger partial charge on any atom is 0.306 e. The number of hydrogen-bond donors (Lipinski definition) is 0. The zero-order chi connectivity index (χ0) is 59.2. The van der Waals surface area contributed by atoms with Gasteiger partial charge in [-0.25, -0.2) is 0 Å². The monoisotopic (exact) mass is 1140 g/mol. The van der Waals surface area contributed by atoms with Crippen molar-refractivity contribution in [2.45, 2.75) is 354 Å². The van der Waals surface area contributed by atoms with E-state index < -0.39 is 6.10 Å². The van der Waals surface area contributed by atoms with Gasteiger partial charge in [0.2, 0.25) is 0 Å². The molecular weight excluding hydrogens is 1010 g/mol. The summed E-state index contributed by atoms with van der Waals surface area (Å²) in [6, 6.07) is 0. The van der Waals surface area contributed by atoms with E-state index in [0.29, 0.717) is 19.3 Å². The summed E-state index contributed by atoms with van der Waals surface area (Å²) in [5.74, 6) is -0.899. The van der Waals surface area contributed by atoms with Crippen LogP contribution in [0.2, 0.25) is 0 Å². The highest BCUT2D eigenvalue weighted by Crippen LogP contribution is 2.18. The summed E-state index contributed by atoms with van der Waals surface area (Å²) >= 11 is 0. The van der Waals surface area contributed by atoms with E-state index in [1.54, 1.807) is 0 Å². The molecule has 0 amide bonds. The topological polar surface area (TPSA) is 78.9 Å². The van der Waals surface area contributed by atoms with Crippen molar-refractivity contribution in [1.29, 1.82) is 0 Å². The Bertz CT molecular complexity index is 1590. The highest BCUT2D eigenvalue weighted by molar-refractivity contribution is 5.71. The smallest absolute Gasteiger partial charge is 0.306 e. The second-order valence-corrected chi connectivity index (χ2v) is 23.4. The van der Waals surface area contributed by atoms with Crippen LogP contribution in [0.1, 0.15) is 348 Å². The van der Waals surface area contributed by atoms with Crippen molar-refractivity contribution in [2.75, 3.05) is 13.2 Å². The summed E-state index contributed by atoms with van der Waals surface area (Å²) in [7, 11) is 0. The third-order valence-corrected chi connectivity index (χ3v) is 15.3. The lowest BCUT2D eigenvalue weighted by Crippen LogP contribution is -2.30. The second kappa shape index (κ2) is 69.8. The summed E-state index contributed by atoms with van der Waals surface area (Å²) in [6.07, 6.45) is 94.3. The molecule has 0 aromatic rings. The molecule has 0 aliphatic carbocycles. The molecule has 0 fully saturated rings. The van der Waals surface area contributed by atoms with Gasteiger partial charge in [-0.1, -0.05) is 330 Å². The molecule has 0 rings (SSSR count). The Morgan fingerprint density at radius 2 is 0.476 bits per heavy atom. The Hall–Kier alpha value is -3.67. The van der Waals surface area contributed by atoms with Gasteiger partial charge in [0.1, 0.15) is 13.2 Å². The van der Waals surface area contributed by atoms with Gasteiger partial charge in [-0.05, 0) is 96.3 Å². The Morgan fingerprint density at radius 3 is 0.744 bits per heavy atom. The SMILES string of the molecule is CC/C=C\C/C=C\C/C=C\C/C=C\C/C=C\CCCCCCCC(=O)OC(COC(=O)CCCCCCCCC/C=C\C/C=C\C/C=C\CC)COC(=O)CCCCCCCCCCCCCCCCCCCCCCCCCCCC. The Morgan fingerprint density at radius 1 is 0.256 bits per heavy atom.